The summed E-state index contributed by atoms with van der Waals surface area (Å²) in [4.78, 5) is 23.6. The highest BCUT2D eigenvalue weighted by molar-refractivity contribution is 7.89. The van der Waals surface area contributed by atoms with E-state index >= 15 is 0 Å². The standard InChI is InChI=1S/C23H25NO7S/c1-14-10-18(20(23(27)28)12-17(14)22(25)26)19-11-16(32(29,30)24-8-2-3-9-24)6-7-21(19)31-13-15-4-5-15/h6-7,10-12,15H,2-5,8-9,13H2,1H3,(H,25,26)(H,27,28). The SMILES string of the molecule is Cc1cc(-c2cc(S(=O)(=O)N3CCCC3)ccc2OCC2CC2)c(C(=O)O)cc1C(=O)O. The number of rotatable bonds is 8. The zero-order valence-electron chi connectivity index (χ0n) is 17.7. The van der Waals surface area contributed by atoms with Gasteiger partial charge >= 0.3 is 11.9 Å². The fraction of sp³-hybridized carbons (Fsp3) is 0.391. The van der Waals surface area contributed by atoms with Crippen molar-refractivity contribution in [2.75, 3.05) is 19.7 Å². The first kappa shape index (κ1) is 22.3. The number of sulfonamides is 1. The van der Waals surface area contributed by atoms with E-state index in [2.05, 4.69) is 0 Å². The predicted octanol–water partition coefficient (Wildman–Crippen LogP) is 3.63. The second-order valence-corrected chi connectivity index (χ2v) is 10.3. The van der Waals surface area contributed by atoms with E-state index in [1.807, 2.05) is 0 Å². The Labute approximate surface area is 186 Å². The van der Waals surface area contributed by atoms with Crippen LogP contribution in [-0.4, -0.2) is 54.6 Å². The smallest absolute Gasteiger partial charge is 0.336 e. The molecule has 4 rings (SSSR count). The van der Waals surface area contributed by atoms with Crippen molar-refractivity contribution in [3.8, 4) is 16.9 Å². The molecule has 0 amide bonds. The Bertz CT molecular complexity index is 1180. The van der Waals surface area contributed by atoms with Crippen molar-refractivity contribution in [3.63, 3.8) is 0 Å². The number of nitrogens with zero attached hydrogens (tertiary/aromatic N) is 1. The van der Waals surface area contributed by atoms with Crippen LogP contribution in [0.3, 0.4) is 0 Å². The molecule has 2 N–H and O–H groups in total. The van der Waals surface area contributed by atoms with Gasteiger partial charge < -0.3 is 14.9 Å². The zero-order valence-corrected chi connectivity index (χ0v) is 18.5. The Morgan fingerprint density at radius 1 is 1.00 bits per heavy atom. The largest absolute Gasteiger partial charge is 0.493 e. The van der Waals surface area contributed by atoms with Gasteiger partial charge in [0.1, 0.15) is 5.75 Å². The summed E-state index contributed by atoms with van der Waals surface area (Å²) in [6, 6.07) is 7.07. The molecule has 0 atom stereocenters. The van der Waals surface area contributed by atoms with Gasteiger partial charge in [0, 0.05) is 24.2 Å². The van der Waals surface area contributed by atoms with Crippen LogP contribution in [0.2, 0.25) is 0 Å². The van der Waals surface area contributed by atoms with Crippen molar-refractivity contribution in [3.05, 3.63) is 47.0 Å². The lowest BCUT2D eigenvalue weighted by Gasteiger charge is -2.19. The van der Waals surface area contributed by atoms with Crippen molar-refractivity contribution in [2.45, 2.75) is 37.5 Å². The van der Waals surface area contributed by atoms with Crippen LogP contribution in [0.15, 0.2) is 35.2 Å². The van der Waals surface area contributed by atoms with E-state index in [4.69, 9.17) is 4.74 Å². The van der Waals surface area contributed by atoms with E-state index in [0.29, 0.717) is 42.5 Å². The van der Waals surface area contributed by atoms with Gasteiger partial charge in [0.15, 0.2) is 0 Å². The van der Waals surface area contributed by atoms with Crippen LogP contribution in [0.25, 0.3) is 11.1 Å². The third-order valence-electron chi connectivity index (χ3n) is 5.94. The Morgan fingerprint density at radius 2 is 1.66 bits per heavy atom. The van der Waals surface area contributed by atoms with E-state index in [1.165, 1.54) is 22.5 Å². The summed E-state index contributed by atoms with van der Waals surface area (Å²) in [7, 11) is -3.73. The number of ether oxygens (including phenoxy) is 1. The first-order chi connectivity index (χ1) is 15.2. The number of hydrogen-bond donors (Lipinski definition) is 2. The lowest BCUT2D eigenvalue weighted by molar-refractivity contribution is 0.0695. The van der Waals surface area contributed by atoms with Gasteiger partial charge in [-0.15, -0.1) is 0 Å². The molecule has 32 heavy (non-hydrogen) atoms. The number of benzene rings is 2. The van der Waals surface area contributed by atoms with Crippen LogP contribution in [0.5, 0.6) is 5.75 Å². The van der Waals surface area contributed by atoms with Crippen molar-refractivity contribution >= 4 is 22.0 Å². The molecule has 0 spiro atoms. The first-order valence-electron chi connectivity index (χ1n) is 10.6. The molecule has 8 nitrogen and oxygen atoms in total. The van der Waals surface area contributed by atoms with Gasteiger partial charge in [-0.05, 0) is 74.4 Å². The van der Waals surface area contributed by atoms with Crippen molar-refractivity contribution < 1.29 is 33.0 Å². The molecular weight excluding hydrogens is 434 g/mol. The number of hydrogen-bond acceptors (Lipinski definition) is 5. The molecule has 1 saturated heterocycles. The number of carboxylic acids is 2. The number of aryl methyl sites for hydroxylation is 1. The van der Waals surface area contributed by atoms with E-state index in [9.17, 15) is 28.2 Å². The van der Waals surface area contributed by atoms with Crippen molar-refractivity contribution in [2.24, 2.45) is 5.92 Å². The quantitative estimate of drug-likeness (QED) is 0.618. The highest BCUT2D eigenvalue weighted by Gasteiger charge is 2.30. The van der Waals surface area contributed by atoms with Crippen LogP contribution in [0, 0.1) is 12.8 Å². The van der Waals surface area contributed by atoms with Gasteiger partial charge in [-0.2, -0.15) is 4.31 Å². The number of carboxylic acid groups (broad SMARTS) is 2. The molecule has 1 aliphatic carbocycles. The van der Waals surface area contributed by atoms with Crippen LogP contribution < -0.4 is 4.74 Å². The summed E-state index contributed by atoms with van der Waals surface area (Å²) in [6.07, 6.45) is 3.72. The molecule has 9 heteroatoms. The maximum atomic E-state index is 13.1. The second kappa shape index (κ2) is 8.55. The highest BCUT2D eigenvalue weighted by atomic mass is 32.2. The highest BCUT2D eigenvalue weighted by Crippen LogP contribution is 2.38. The minimum Gasteiger partial charge on any atom is -0.493 e. The van der Waals surface area contributed by atoms with E-state index in [0.717, 1.165) is 31.7 Å². The van der Waals surface area contributed by atoms with E-state index in [1.54, 1.807) is 13.0 Å². The summed E-state index contributed by atoms with van der Waals surface area (Å²) in [5.74, 6) is -1.72. The average molecular weight is 460 g/mol. The molecule has 0 radical (unpaired) electrons. The lowest BCUT2D eigenvalue weighted by Crippen LogP contribution is -2.27. The Balaban J connectivity index is 1.87. The molecule has 170 valence electrons. The summed E-state index contributed by atoms with van der Waals surface area (Å²) < 4.78 is 33.6. The molecule has 2 aromatic rings. The molecule has 0 bridgehead atoms. The van der Waals surface area contributed by atoms with Crippen LogP contribution in [0.4, 0.5) is 0 Å². The third kappa shape index (κ3) is 4.35. The minimum atomic E-state index is -3.73. The van der Waals surface area contributed by atoms with Gasteiger partial charge in [-0.3, -0.25) is 0 Å². The average Bonchev–Trinajstić information content (AvgIpc) is 3.40. The number of carbonyl (C=O) groups is 2. The Morgan fingerprint density at radius 3 is 2.25 bits per heavy atom. The lowest BCUT2D eigenvalue weighted by atomic mass is 9.93. The van der Waals surface area contributed by atoms with Gasteiger partial charge in [0.2, 0.25) is 10.0 Å². The predicted molar refractivity (Wildman–Crippen MR) is 117 cm³/mol. The molecule has 0 unspecified atom stereocenters. The minimum absolute atomic E-state index is 0.0597. The van der Waals surface area contributed by atoms with Crippen LogP contribution >= 0.6 is 0 Å². The molecule has 1 saturated carbocycles. The molecule has 2 aliphatic rings. The third-order valence-corrected chi connectivity index (χ3v) is 7.84. The van der Waals surface area contributed by atoms with Gasteiger partial charge in [0.25, 0.3) is 0 Å². The first-order valence-corrected chi connectivity index (χ1v) is 12.0. The molecule has 2 aromatic carbocycles. The molecule has 1 heterocycles. The molecule has 1 aliphatic heterocycles. The molecule has 2 fully saturated rings. The van der Waals surface area contributed by atoms with Crippen molar-refractivity contribution in [1.82, 2.24) is 4.31 Å². The monoisotopic (exact) mass is 459 g/mol. The van der Waals surface area contributed by atoms with Crippen molar-refractivity contribution in [1.29, 1.82) is 0 Å². The summed E-state index contributed by atoms with van der Waals surface area (Å²) in [5.41, 5.74) is 0.582. The summed E-state index contributed by atoms with van der Waals surface area (Å²) in [6.45, 7) is 2.93. The maximum Gasteiger partial charge on any atom is 0.336 e. The second-order valence-electron chi connectivity index (χ2n) is 8.35. The maximum absolute atomic E-state index is 13.1. The normalized spacial score (nSPS) is 16.8. The Hall–Kier alpha value is -2.91. The summed E-state index contributed by atoms with van der Waals surface area (Å²) >= 11 is 0. The fourth-order valence-corrected chi connectivity index (χ4v) is 5.46. The van der Waals surface area contributed by atoms with Gasteiger partial charge in [-0.1, -0.05) is 0 Å². The molecular formula is C23H25NO7S. The number of aromatic carboxylic acids is 2. The topological polar surface area (TPSA) is 121 Å². The van der Waals surface area contributed by atoms with E-state index in [-0.39, 0.29) is 21.6 Å². The fourth-order valence-electron chi connectivity index (χ4n) is 3.91. The zero-order chi connectivity index (χ0) is 23.0. The van der Waals surface area contributed by atoms with Crippen LogP contribution in [-0.2, 0) is 10.0 Å². The van der Waals surface area contributed by atoms with E-state index < -0.39 is 22.0 Å². The van der Waals surface area contributed by atoms with Crippen LogP contribution in [0.1, 0.15) is 52.0 Å². The molecule has 0 aromatic heterocycles. The van der Waals surface area contributed by atoms with Gasteiger partial charge in [-0.25, -0.2) is 18.0 Å². The Kier molecular flexibility index (Phi) is 5.96. The summed E-state index contributed by atoms with van der Waals surface area (Å²) in [5, 5.41) is 19.2. The van der Waals surface area contributed by atoms with Gasteiger partial charge in [0.05, 0.1) is 22.6 Å².